The van der Waals surface area contributed by atoms with E-state index in [4.69, 9.17) is 10.5 Å². The highest BCUT2D eigenvalue weighted by molar-refractivity contribution is 5.80. The molecule has 1 rings (SSSR count). The van der Waals surface area contributed by atoms with Crippen LogP contribution in [0.5, 0.6) is 0 Å². The topological polar surface area (TPSA) is 67.6 Å². The fourth-order valence-electron chi connectivity index (χ4n) is 1.37. The van der Waals surface area contributed by atoms with Gasteiger partial charge in [0.2, 0.25) is 5.91 Å². The maximum atomic E-state index is 11.2. The summed E-state index contributed by atoms with van der Waals surface area (Å²) >= 11 is 0. The zero-order valence-electron chi connectivity index (χ0n) is 8.82. The van der Waals surface area contributed by atoms with Crippen LogP contribution < -0.4 is 11.1 Å². The predicted molar refractivity (Wildman–Crippen MR) is 53.9 cm³/mol. The minimum Gasteiger partial charge on any atom is -0.374 e. The summed E-state index contributed by atoms with van der Waals surface area (Å²) in [6, 6.07) is -0.448. The number of carbonyl (C=O) groups is 1. The van der Waals surface area contributed by atoms with Gasteiger partial charge in [0.1, 0.15) is 0 Å². The molecular formula is C9H19N3O2. The minimum absolute atomic E-state index is 0.0939. The fraction of sp³-hybridized carbons (Fsp3) is 0.889. The Labute approximate surface area is 84.6 Å². The number of nitrogens with zero attached hydrogens (tertiary/aromatic N) is 1. The van der Waals surface area contributed by atoms with Gasteiger partial charge >= 0.3 is 0 Å². The van der Waals surface area contributed by atoms with Crippen LogP contribution in [0.4, 0.5) is 0 Å². The maximum absolute atomic E-state index is 11.2. The number of nitrogens with one attached hydrogen (secondary N) is 1. The van der Waals surface area contributed by atoms with Crippen molar-refractivity contribution in [3.05, 3.63) is 0 Å². The zero-order valence-corrected chi connectivity index (χ0v) is 8.82. The standard InChI is InChI=1S/C9H19N3O2/c1-7(10)9(13)11-5-8-6-12(2)3-4-14-8/h7-8H,3-6,10H2,1-2H3,(H,11,13)/t7-,8?/m1/s1. The second-order valence-electron chi connectivity index (χ2n) is 3.79. The van der Waals surface area contributed by atoms with Crippen molar-refractivity contribution in [3.63, 3.8) is 0 Å². The third-order valence-electron chi connectivity index (χ3n) is 2.26. The van der Waals surface area contributed by atoms with E-state index in [9.17, 15) is 4.79 Å². The van der Waals surface area contributed by atoms with Crippen LogP contribution in [-0.4, -0.2) is 56.2 Å². The van der Waals surface area contributed by atoms with Crippen LogP contribution in [0.2, 0.25) is 0 Å². The first-order valence-electron chi connectivity index (χ1n) is 4.93. The van der Waals surface area contributed by atoms with E-state index in [1.165, 1.54) is 0 Å². The van der Waals surface area contributed by atoms with Crippen molar-refractivity contribution >= 4 is 5.91 Å². The normalized spacial score (nSPS) is 25.8. The number of morpholine rings is 1. The average Bonchev–Trinajstić information content (AvgIpc) is 2.14. The smallest absolute Gasteiger partial charge is 0.236 e. The number of carbonyl (C=O) groups excluding carboxylic acids is 1. The Morgan fingerprint density at radius 2 is 2.50 bits per heavy atom. The van der Waals surface area contributed by atoms with Gasteiger partial charge in [-0.3, -0.25) is 4.79 Å². The van der Waals surface area contributed by atoms with E-state index in [1.807, 2.05) is 7.05 Å². The monoisotopic (exact) mass is 201 g/mol. The van der Waals surface area contributed by atoms with Crippen LogP contribution in [0.25, 0.3) is 0 Å². The Balaban J connectivity index is 2.20. The lowest BCUT2D eigenvalue weighted by atomic mass is 10.2. The molecule has 0 aromatic carbocycles. The first-order valence-corrected chi connectivity index (χ1v) is 4.93. The van der Waals surface area contributed by atoms with Crippen LogP contribution in [0.15, 0.2) is 0 Å². The lowest BCUT2D eigenvalue weighted by Gasteiger charge is -2.30. The highest BCUT2D eigenvalue weighted by atomic mass is 16.5. The number of likely N-dealkylation sites (N-methyl/N-ethyl adjacent to an activating group) is 1. The largest absolute Gasteiger partial charge is 0.374 e. The summed E-state index contributed by atoms with van der Waals surface area (Å²) in [4.78, 5) is 13.3. The van der Waals surface area contributed by atoms with Gasteiger partial charge in [-0.25, -0.2) is 0 Å². The number of hydrogen-bond acceptors (Lipinski definition) is 4. The molecule has 0 aromatic heterocycles. The van der Waals surface area contributed by atoms with Gasteiger partial charge in [-0.05, 0) is 14.0 Å². The first kappa shape index (κ1) is 11.4. The van der Waals surface area contributed by atoms with Gasteiger partial charge in [-0.2, -0.15) is 0 Å². The number of nitrogens with two attached hydrogens (primary N) is 1. The molecule has 82 valence electrons. The van der Waals surface area contributed by atoms with Gasteiger partial charge in [0.15, 0.2) is 0 Å². The molecule has 1 saturated heterocycles. The second kappa shape index (κ2) is 5.29. The molecule has 0 spiro atoms. The summed E-state index contributed by atoms with van der Waals surface area (Å²) < 4.78 is 5.48. The molecule has 2 atom stereocenters. The van der Waals surface area contributed by atoms with E-state index in [1.54, 1.807) is 6.92 Å². The Kier molecular flexibility index (Phi) is 4.31. The SMILES string of the molecule is C[C@@H](N)C(=O)NCC1CN(C)CCO1. The Hall–Kier alpha value is -0.650. The van der Waals surface area contributed by atoms with E-state index in [-0.39, 0.29) is 12.0 Å². The molecule has 0 aromatic rings. The molecule has 0 saturated carbocycles. The van der Waals surface area contributed by atoms with E-state index < -0.39 is 6.04 Å². The van der Waals surface area contributed by atoms with E-state index >= 15 is 0 Å². The van der Waals surface area contributed by atoms with Gasteiger partial charge in [-0.1, -0.05) is 0 Å². The molecule has 1 fully saturated rings. The third kappa shape index (κ3) is 3.61. The van der Waals surface area contributed by atoms with E-state index in [0.29, 0.717) is 6.54 Å². The predicted octanol–water partition coefficient (Wildman–Crippen LogP) is -1.22. The highest BCUT2D eigenvalue weighted by Crippen LogP contribution is 2.01. The van der Waals surface area contributed by atoms with Gasteiger partial charge in [0.05, 0.1) is 18.8 Å². The molecule has 0 bridgehead atoms. The number of rotatable bonds is 3. The molecule has 14 heavy (non-hydrogen) atoms. The van der Waals surface area contributed by atoms with Gasteiger partial charge in [0, 0.05) is 19.6 Å². The second-order valence-corrected chi connectivity index (χ2v) is 3.79. The van der Waals surface area contributed by atoms with Crippen LogP contribution in [0.1, 0.15) is 6.92 Å². The zero-order chi connectivity index (χ0) is 10.6. The number of amides is 1. The van der Waals surface area contributed by atoms with Crippen molar-refractivity contribution in [2.24, 2.45) is 5.73 Å². The van der Waals surface area contributed by atoms with Crippen molar-refractivity contribution in [1.29, 1.82) is 0 Å². The Bertz CT molecular complexity index is 196. The lowest BCUT2D eigenvalue weighted by Crippen LogP contribution is -2.48. The van der Waals surface area contributed by atoms with Crippen molar-refractivity contribution < 1.29 is 9.53 Å². The van der Waals surface area contributed by atoms with Crippen LogP contribution in [0, 0.1) is 0 Å². The van der Waals surface area contributed by atoms with Gasteiger partial charge in [-0.15, -0.1) is 0 Å². The highest BCUT2D eigenvalue weighted by Gasteiger charge is 2.18. The van der Waals surface area contributed by atoms with Gasteiger partial charge in [0.25, 0.3) is 0 Å². The molecule has 5 heteroatoms. The number of ether oxygens (including phenoxy) is 1. The molecule has 0 aliphatic carbocycles. The van der Waals surface area contributed by atoms with Gasteiger partial charge < -0.3 is 20.7 Å². The minimum atomic E-state index is -0.448. The Morgan fingerprint density at radius 1 is 1.79 bits per heavy atom. The van der Waals surface area contributed by atoms with E-state index in [2.05, 4.69) is 10.2 Å². The quantitative estimate of drug-likeness (QED) is 0.600. The molecule has 1 heterocycles. The van der Waals surface area contributed by atoms with Crippen molar-refractivity contribution in [2.45, 2.75) is 19.1 Å². The molecule has 1 aliphatic rings. The third-order valence-corrected chi connectivity index (χ3v) is 2.26. The van der Waals surface area contributed by atoms with Crippen LogP contribution in [-0.2, 0) is 9.53 Å². The molecule has 5 nitrogen and oxygen atoms in total. The average molecular weight is 201 g/mol. The van der Waals surface area contributed by atoms with Crippen LogP contribution in [0.3, 0.4) is 0 Å². The number of hydrogen-bond donors (Lipinski definition) is 2. The molecule has 1 amide bonds. The maximum Gasteiger partial charge on any atom is 0.236 e. The molecule has 3 N–H and O–H groups in total. The lowest BCUT2D eigenvalue weighted by molar-refractivity contribution is -0.123. The Morgan fingerprint density at radius 3 is 3.07 bits per heavy atom. The molecular weight excluding hydrogens is 182 g/mol. The van der Waals surface area contributed by atoms with E-state index in [0.717, 1.165) is 19.7 Å². The summed E-state index contributed by atoms with van der Waals surface area (Å²) in [6.07, 6.45) is 0.0939. The summed E-state index contributed by atoms with van der Waals surface area (Å²) in [6.45, 7) is 4.76. The molecule has 1 aliphatic heterocycles. The molecule has 1 unspecified atom stereocenters. The summed E-state index contributed by atoms with van der Waals surface area (Å²) in [5.74, 6) is -0.123. The van der Waals surface area contributed by atoms with Crippen molar-refractivity contribution in [1.82, 2.24) is 10.2 Å². The van der Waals surface area contributed by atoms with Crippen LogP contribution >= 0.6 is 0 Å². The summed E-state index contributed by atoms with van der Waals surface area (Å²) in [5.41, 5.74) is 5.42. The molecule has 0 radical (unpaired) electrons. The summed E-state index contributed by atoms with van der Waals surface area (Å²) in [7, 11) is 2.04. The fourth-order valence-corrected chi connectivity index (χ4v) is 1.37. The summed E-state index contributed by atoms with van der Waals surface area (Å²) in [5, 5.41) is 2.76. The van der Waals surface area contributed by atoms with Crippen molar-refractivity contribution in [2.75, 3.05) is 33.3 Å². The first-order chi connectivity index (χ1) is 6.59. The van der Waals surface area contributed by atoms with Crippen molar-refractivity contribution in [3.8, 4) is 0 Å².